The average molecular weight is 131 g/mol. The van der Waals surface area contributed by atoms with Crippen LogP contribution in [0.1, 0.15) is 12.8 Å². The van der Waals surface area contributed by atoms with Crippen LogP contribution in [-0.4, -0.2) is 26.0 Å². The van der Waals surface area contributed by atoms with Gasteiger partial charge in [0.05, 0.1) is 13.2 Å². The molecule has 3 nitrogen and oxygen atoms in total. The molecule has 3 heteroatoms. The number of nitrogens with two attached hydrogens (primary N) is 1. The van der Waals surface area contributed by atoms with Crippen molar-refractivity contribution in [2.75, 3.05) is 19.8 Å². The Kier molecular flexibility index (Phi) is 2.97. The molecule has 0 atom stereocenters. The molecule has 1 saturated heterocycles. The van der Waals surface area contributed by atoms with Crippen molar-refractivity contribution in [1.29, 1.82) is 0 Å². The summed E-state index contributed by atoms with van der Waals surface area (Å²) in [5, 5.41) is 0. The molecule has 0 amide bonds. The molecule has 0 unspecified atom stereocenters. The largest absolute Gasteiger partial charge is 0.353 e. The first-order valence-electron chi connectivity index (χ1n) is 3.37. The fourth-order valence-electron chi connectivity index (χ4n) is 0.839. The van der Waals surface area contributed by atoms with Crippen LogP contribution < -0.4 is 5.73 Å². The van der Waals surface area contributed by atoms with Crippen LogP contribution in [0.4, 0.5) is 0 Å². The Labute approximate surface area is 55.1 Å². The highest BCUT2D eigenvalue weighted by atomic mass is 16.7. The van der Waals surface area contributed by atoms with E-state index in [2.05, 4.69) is 0 Å². The molecule has 1 aliphatic heterocycles. The lowest BCUT2D eigenvalue weighted by atomic mass is 10.4. The van der Waals surface area contributed by atoms with Crippen molar-refractivity contribution in [2.45, 2.75) is 19.1 Å². The molecule has 0 bridgehead atoms. The van der Waals surface area contributed by atoms with E-state index in [0.29, 0.717) is 6.54 Å². The second-order valence-electron chi connectivity index (χ2n) is 2.10. The predicted octanol–water partition coefficient (Wildman–Crippen LogP) is 0.0982. The summed E-state index contributed by atoms with van der Waals surface area (Å²) in [5.74, 6) is 0. The second kappa shape index (κ2) is 3.82. The minimum absolute atomic E-state index is 0.0243. The smallest absolute Gasteiger partial charge is 0.158 e. The Hall–Kier alpha value is -0.120. The molecule has 0 spiro atoms. The zero-order valence-corrected chi connectivity index (χ0v) is 5.51. The molecule has 1 aliphatic rings. The van der Waals surface area contributed by atoms with E-state index in [1.807, 2.05) is 0 Å². The summed E-state index contributed by atoms with van der Waals surface area (Å²) in [6, 6.07) is 0. The highest BCUT2D eigenvalue weighted by Gasteiger charge is 2.11. The monoisotopic (exact) mass is 131 g/mol. The SMILES string of the molecule is NCCC1OCCCO1. The topological polar surface area (TPSA) is 44.5 Å². The molecule has 0 aromatic rings. The van der Waals surface area contributed by atoms with Gasteiger partial charge < -0.3 is 15.2 Å². The highest BCUT2D eigenvalue weighted by molar-refractivity contribution is 4.51. The van der Waals surface area contributed by atoms with Crippen molar-refractivity contribution in [3.05, 3.63) is 0 Å². The first kappa shape index (κ1) is 6.99. The Balaban J connectivity index is 2.08. The first-order chi connectivity index (χ1) is 4.43. The fourth-order valence-corrected chi connectivity index (χ4v) is 0.839. The quantitative estimate of drug-likeness (QED) is 0.578. The van der Waals surface area contributed by atoms with Crippen molar-refractivity contribution in [1.82, 2.24) is 0 Å². The summed E-state index contributed by atoms with van der Waals surface area (Å²) in [4.78, 5) is 0. The van der Waals surface area contributed by atoms with Crippen molar-refractivity contribution in [2.24, 2.45) is 5.73 Å². The van der Waals surface area contributed by atoms with Crippen LogP contribution in [0.25, 0.3) is 0 Å². The molecule has 1 heterocycles. The van der Waals surface area contributed by atoms with Gasteiger partial charge in [-0.25, -0.2) is 0 Å². The minimum Gasteiger partial charge on any atom is -0.353 e. The summed E-state index contributed by atoms with van der Waals surface area (Å²) in [5.41, 5.74) is 5.30. The molecule has 9 heavy (non-hydrogen) atoms. The lowest BCUT2D eigenvalue weighted by molar-refractivity contribution is -0.179. The van der Waals surface area contributed by atoms with Crippen LogP contribution in [0.5, 0.6) is 0 Å². The molecule has 0 saturated carbocycles. The fraction of sp³-hybridized carbons (Fsp3) is 1.00. The average Bonchev–Trinajstić information content (AvgIpc) is 1.91. The summed E-state index contributed by atoms with van der Waals surface area (Å²) in [6.07, 6.45) is 1.81. The molecule has 0 aromatic carbocycles. The lowest BCUT2D eigenvalue weighted by Gasteiger charge is -2.22. The van der Waals surface area contributed by atoms with Crippen LogP contribution in [0.2, 0.25) is 0 Å². The van der Waals surface area contributed by atoms with Crippen LogP contribution in [-0.2, 0) is 9.47 Å². The van der Waals surface area contributed by atoms with Crippen molar-refractivity contribution in [3.8, 4) is 0 Å². The van der Waals surface area contributed by atoms with Crippen LogP contribution in [0.15, 0.2) is 0 Å². The van der Waals surface area contributed by atoms with E-state index in [1.54, 1.807) is 0 Å². The normalized spacial score (nSPS) is 22.3. The molecular weight excluding hydrogens is 118 g/mol. The van der Waals surface area contributed by atoms with Crippen LogP contribution in [0.3, 0.4) is 0 Å². The Morgan fingerprint density at radius 2 is 2.00 bits per heavy atom. The Morgan fingerprint density at radius 3 is 2.56 bits per heavy atom. The zero-order chi connectivity index (χ0) is 6.53. The zero-order valence-electron chi connectivity index (χ0n) is 5.51. The van der Waals surface area contributed by atoms with Crippen LogP contribution >= 0.6 is 0 Å². The summed E-state index contributed by atoms with van der Waals surface area (Å²) in [7, 11) is 0. The molecule has 1 fully saturated rings. The van der Waals surface area contributed by atoms with E-state index in [9.17, 15) is 0 Å². The van der Waals surface area contributed by atoms with E-state index in [4.69, 9.17) is 15.2 Å². The molecule has 54 valence electrons. The van der Waals surface area contributed by atoms with Gasteiger partial charge in [0.1, 0.15) is 0 Å². The predicted molar refractivity (Wildman–Crippen MR) is 34.0 cm³/mol. The maximum atomic E-state index is 5.30. The van der Waals surface area contributed by atoms with Gasteiger partial charge in [0.15, 0.2) is 6.29 Å². The van der Waals surface area contributed by atoms with Gasteiger partial charge in [-0.05, 0) is 13.0 Å². The minimum atomic E-state index is -0.0243. The molecular formula is C6H13NO2. The summed E-state index contributed by atoms with van der Waals surface area (Å²) < 4.78 is 10.4. The highest BCUT2D eigenvalue weighted by Crippen LogP contribution is 2.06. The van der Waals surface area contributed by atoms with Gasteiger partial charge in [-0.3, -0.25) is 0 Å². The van der Waals surface area contributed by atoms with Gasteiger partial charge in [0, 0.05) is 6.42 Å². The number of hydrogen-bond donors (Lipinski definition) is 1. The summed E-state index contributed by atoms with van der Waals surface area (Å²) >= 11 is 0. The maximum Gasteiger partial charge on any atom is 0.158 e. The van der Waals surface area contributed by atoms with Gasteiger partial charge in [-0.2, -0.15) is 0 Å². The second-order valence-corrected chi connectivity index (χ2v) is 2.10. The molecule has 0 aromatic heterocycles. The van der Waals surface area contributed by atoms with Crippen molar-refractivity contribution < 1.29 is 9.47 Å². The van der Waals surface area contributed by atoms with Gasteiger partial charge in [0.2, 0.25) is 0 Å². The molecule has 0 radical (unpaired) electrons. The van der Waals surface area contributed by atoms with E-state index >= 15 is 0 Å². The van der Waals surface area contributed by atoms with Crippen molar-refractivity contribution >= 4 is 0 Å². The standard InChI is InChI=1S/C6H13NO2/c7-3-2-6-8-4-1-5-9-6/h6H,1-5,7H2. The molecule has 1 rings (SSSR count). The third kappa shape index (κ3) is 2.30. The Morgan fingerprint density at radius 1 is 1.33 bits per heavy atom. The van der Waals surface area contributed by atoms with Gasteiger partial charge in [-0.15, -0.1) is 0 Å². The maximum absolute atomic E-state index is 5.30. The molecule has 0 aliphatic carbocycles. The summed E-state index contributed by atoms with van der Waals surface area (Å²) in [6.45, 7) is 2.29. The molecule has 2 N–H and O–H groups in total. The first-order valence-corrected chi connectivity index (χ1v) is 3.37. The lowest BCUT2D eigenvalue weighted by Crippen LogP contribution is -2.26. The number of hydrogen-bond acceptors (Lipinski definition) is 3. The third-order valence-electron chi connectivity index (χ3n) is 1.30. The number of rotatable bonds is 2. The van der Waals surface area contributed by atoms with Crippen LogP contribution in [0, 0.1) is 0 Å². The van der Waals surface area contributed by atoms with Crippen molar-refractivity contribution in [3.63, 3.8) is 0 Å². The Bertz CT molecular complexity index is 68.7. The van der Waals surface area contributed by atoms with Gasteiger partial charge >= 0.3 is 0 Å². The third-order valence-corrected chi connectivity index (χ3v) is 1.30. The number of ether oxygens (including phenoxy) is 2. The van der Waals surface area contributed by atoms with E-state index in [0.717, 1.165) is 26.1 Å². The van der Waals surface area contributed by atoms with Gasteiger partial charge in [0.25, 0.3) is 0 Å². The van der Waals surface area contributed by atoms with E-state index in [1.165, 1.54) is 0 Å². The van der Waals surface area contributed by atoms with Gasteiger partial charge in [-0.1, -0.05) is 0 Å². The van der Waals surface area contributed by atoms with E-state index < -0.39 is 0 Å². The van der Waals surface area contributed by atoms with E-state index in [-0.39, 0.29) is 6.29 Å².